The Bertz CT molecular complexity index is 503. The molecule has 20 heavy (non-hydrogen) atoms. The van der Waals surface area contributed by atoms with Crippen LogP contribution in [0.2, 0.25) is 0 Å². The van der Waals surface area contributed by atoms with Crippen molar-refractivity contribution in [3.63, 3.8) is 0 Å². The highest BCUT2D eigenvalue weighted by atomic mass is 32.2. The van der Waals surface area contributed by atoms with Crippen LogP contribution in [0.25, 0.3) is 0 Å². The van der Waals surface area contributed by atoms with Gasteiger partial charge in [0.2, 0.25) is 0 Å². The highest BCUT2D eigenvalue weighted by Gasteiger charge is 2.30. The normalized spacial score (nSPS) is 14.9. The molecule has 0 aliphatic carbocycles. The van der Waals surface area contributed by atoms with Crippen LogP contribution in [0.5, 0.6) is 0 Å². The molecule has 0 spiro atoms. The van der Waals surface area contributed by atoms with E-state index in [9.17, 15) is 9.00 Å². The summed E-state index contributed by atoms with van der Waals surface area (Å²) in [4.78, 5) is 12.1. The van der Waals surface area contributed by atoms with E-state index in [2.05, 4.69) is 4.72 Å². The first-order chi connectivity index (χ1) is 9.18. The Labute approximate surface area is 123 Å². The number of rotatable bonds is 5. The topological polar surface area (TPSA) is 60.3 Å². The average Bonchev–Trinajstić information content (AvgIpc) is 2.66. The minimum atomic E-state index is -1.36. The lowest BCUT2D eigenvalue weighted by Crippen LogP contribution is -2.40. The molecule has 0 saturated heterocycles. The number of ether oxygens (including phenoxy) is 1. The molecule has 5 nitrogen and oxygen atoms in total. The molecule has 114 valence electrons. The van der Waals surface area contributed by atoms with Gasteiger partial charge in [-0.2, -0.15) is 0 Å². The molecule has 1 heterocycles. The van der Waals surface area contributed by atoms with Crippen molar-refractivity contribution in [2.75, 3.05) is 6.61 Å². The molecule has 1 unspecified atom stereocenters. The van der Waals surface area contributed by atoms with Crippen LogP contribution >= 0.6 is 0 Å². The Hall–Kier alpha value is -1.14. The second-order valence-corrected chi connectivity index (χ2v) is 7.64. The SMILES string of the molecule is CCOC(=O)[C@@H](NS(=O)C(C)(C)C)c1ccc(C)n1C. The summed E-state index contributed by atoms with van der Waals surface area (Å²) in [5.41, 5.74) is 1.77. The van der Waals surface area contributed by atoms with Gasteiger partial charge in [-0.15, -0.1) is 0 Å². The molecule has 0 bridgehead atoms. The van der Waals surface area contributed by atoms with E-state index in [0.29, 0.717) is 6.61 Å². The molecule has 1 aromatic heterocycles. The standard InChI is InChI=1S/C14H24N2O3S/c1-7-19-13(17)12(15-20(18)14(3,4)5)11-9-8-10(2)16(11)6/h8-9,12,15H,7H2,1-6H3/t12-,20?/m0/s1. The van der Waals surface area contributed by atoms with Gasteiger partial charge < -0.3 is 9.30 Å². The summed E-state index contributed by atoms with van der Waals surface area (Å²) in [6.07, 6.45) is 0. The van der Waals surface area contributed by atoms with Crippen molar-refractivity contribution < 1.29 is 13.7 Å². The molecule has 0 aliphatic heterocycles. The fraction of sp³-hybridized carbons (Fsp3) is 0.643. The fourth-order valence-corrected chi connectivity index (χ4v) is 2.45. The second kappa shape index (κ2) is 6.54. The molecular formula is C14H24N2O3S. The number of hydrogen-bond donors (Lipinski definition) is 1. The zero-order valence-corrected chi connectivity index (χ0v) is 13.8. The van der Waals surface area contributed by atoms with E-state index in [1.54, 1.807) is 6.92 Å². The Morgan fingerprint density at radius 3 is 2.45 bits per heavy atom. The molecule has 0 radical (unpaired) electrons. The lowest BCUT2D eigenvalue weighted by atomic mass is 10.2. The lowest BCUT2D eigenvalue weighted by Gasteiger charge is -2.23. The number of esters is 1. The van der Waals surface area contributed by atoms with Crippen molar-refractivity contribution in [3.05, 3.63) is 23.5 Å². The molecular weight excluding hydrogens is 276 g/mol. The Balaban J connectivity index is 3.07. The van der Waals surface area contributed by atoms with Crippen LogP contribution in [-0.2, 0) is 27.6 Å². The molecule has 0 aromatic carbocycles. The zero-order chi connectivity index (χ0) is 15.5. The van der Waals surface area contributed by atoms with E-state index >= 15 is 0 Å². The fourth-order valence-electron chi connectivity index (χ4n) is 1.66. The van der Waals surface area contributed by atoms with E-state index in [1.807, 2.05) is 51.4 Å². The Morgan fingerprint density at radius 1 is 1.45 bits per heavy atom. The van der Waals surface area contributed by atoms with Crippen LogP contribution in [0.4, 0.5) is 0 Å². The van der Waals surface area contributed by atoms with Gasteiger partial charge in [0.15, 0.2) is 6.04 Å². The van der Waals surface area contributed by atoms with E-state index in [4.69, 9.17) is 4.74 Å². The lowest BCUT2D eigenvalue weighted by molar-refractivity contribution is -0.145. The average molecular weight is 300 g/mol. The number of carbonyl (C=O) groups excluding carboxylic acids is 1. The summed E-state index contributed by atoms with van der Waals surface area (Å²) >= 11 is 0. The van der Waals surface area contributed by atoms with E-state index in [0.717, 1.165) is 11.4 Å². The van der Waals surface area contributed by atoms with Gasteiger partial charge in [-0.3, -0.25) is 0 Å². The maximum atomic E-state index is 12.3. The number of aromatic nitrogens is 1. The highest BCUT2D eigenvalue weighted by molar-refractivity contribution is 7.84. The Morgan fingerprint density at radius 2 is 2.05 bits per heavy atom. The third-order valence-corrected chi connectivity index (χ3v) is 4.57. The van der Waals surface area contributed by atoms with Crippen molar-refractivity contribution in [1.82, 2.24) is 9.29 Å². The van der Waals surface area contributed by atoms with Crippen molar-refractivity contribution in [2.24, 2.45) is 7.05 Å². The first kappa shape index (κ1) is 16.9. The first-order valence-corrected chi connectivity index (χ1v) is 7.80. The van der Waals surface area contributed by atoms with Crippen LogP contribution in [0.1, 0.15) is 45.1 Å². The molecule has 1 aromatic rings. The van der Waals surface area contributed by atoms with Crippen molar-refractivity contribution >= 4 is 17.0 Å². The first-order valence-electron chi connectivity index (χ1n) is 6.65. The summed E-state index contributed by atoms with van der Waals surface area (Å²) in [5, 5.41) is 0. The van der Waals surface area contributed by atoms with Crippen molar-refractivity contribution in [2.45, 2.75) is 45.4 Å². The van der Waals surface area contributed by atoms with Gasteiger partial charge in [0.1, 0.15) is 0 Å². The minimum Gasteiger partial charge on any atom is -0.465 e. The number of hydrogen-bond acceptors (Lipinski definition) is 3. The number of nitrogens with one attached hydrogen (secondary N) is 1. The van der Waals surface area contributed by atoms with Gasteiger partial charge in [-0.25, -0.2) is 13.7 Å². The van der Waals surface area contributed by atoms with Crippen LogP contribution in [0.15, 0.2) is 12.1 Å². The zero-order valence-electron chi connectivity index (χ0n) is 13.0. The molecule has 1 rings (SSSR count). The molecule has 1 N–H and O–H groups in total. The van der Waals surface area contributed by atoms with Gasteiger partial charge in [0.25, 0.3) is 0 Å². The summed E-state index contributed by atoms with van der Waals surface area (Å²) in [7, 11) is 0.518. The molecule has 0 amide bonds. The van der Waals surface area contributed by atoms with Gasteiger partial charge >= 0.3 is 5.97 Å². The largest absolute Gasteiger partial charge is 0.465 e. The van der Waals surface area contributed by atoms with Crippen molar-refractivity contribution in [1.29, 1.82) is 0 Å². The van der Waals surface area contributed by atoms with Gasteiger partial charge in [-0.05, 0) is 46.8 Å². The summed E-state index contributed by atoms with van der Waals surface area (Å²) < 4.78 is 21.7. The predicted molar refractivity (Wildman–Crippen MR) is 80.6 cm³/mol. The van der Waals surface area contributed by atoms with E-state index in [1.165, 1.54) is 0 Å². The van der Waals surface area contributed by atoms with Crippen LogP contribution < -0.4 is 4.72 Å². The second-order valence-electron chi connectivity index (χ2n) is 5.64. The Kier molecular flexibility index (Phi) is 5.53. The number of nitrogens with zero attached hydrogens (tertiary/aromatic N) is 1. The maximum Gasteiger partial charge on any atom is 0.330 e. The van der Waals surface area contributed by atoms with Gasteiger partial charge in [0, 0.05) is 18.4 Å². The smallest absolute Gasteiger partial charge is 0.330 e. The summed E-state index contributed by atoms with van der Waals surface area (Å²) in [5.74, 6) is -0.411. The summed E-state index contributed by atoms with van der Waals surface area (Å²) in [6, 6.07) is 3.04. The number of aryl methyl sites for hydroxylation is 1. The third-order valence-electron chi connectivity index (χ3n) is 3.01. The van der Waals surface area contributed by atoms with Crippen LogP contribution in [0, 0.1) is 6.92 Å². The molecule has 0 saturated carbocycles. The van der Waals surface area contributed by atoms with E-state index in [-0.39, 0.29) is 0 Å². The molecule has 2 atom stereocenters. The number of carbonyl (C=O) groups is 1. The molecule has 6 heteroatoms. The maximum absolute atomic E-state index is 12.3. The molecule has 0 aliphatic rings. The van der Waals surface area contributed by atoms with Gasteiger partial charge in [-0.1, -0.05) is 0 Å². The van der Waals surface area contributed by atoms with Crippen LogP contribution in [-0.4, -0.2) is 26.1 Å². The quantitative estimate of drug-likeness (QED) is 0.846. The van der Waals surface area contributed by atoms with Crippen LogP contribution in [0.3, 0.4) is 0 Å². The highest BCUT2D eigenvalue weighted by Crippen LogP contribution is 2.20. The monoisotopic (exact) mass is 300 g/mol. The third kappa shape index (κ3) is 3.93. The summed E-state index contributed by atoms with van der Waals surface area (Å²) in [6.45, 7) is 9.57. The molecule has 0 fully saturated rings. The van der Waals surface area contributed by atoms with Gasteiger partial charge in [0.05, 0.1) is 22.3 Å². The predicted octanol–water partition coefficient (Wildman–Crippen LogP) is 1.99. The van der Waals surface area contributed by atoms with E-state index < -0.39 is 27.7 Å². The minimum absolute atomic E-state index is 0.294. The van der Waals surface area contributed by atoms with Crippen molar-refractivity contribution in [3.8, 4) is 0 Å².